The molecule has 0 spiro atoms. The zero-order valence-corrected chi connectivity index (χ0v) is 14.5. The standard InChI is InChI=1S/C17H30N2S/c1-12(2)13-7-6-8-17(18,9-13)10-15-19-14(11-20-15)16(3,4)5/h11-13H,6-10,18H2,1-5H3. The molecule has 20 heavy (non-hydrogen) atoms. The van der Waals surface area contributed by atoms with Crippen LogP contribution in [0, 0.1) is 11.8 Å². The van der Waals surface area contributed by atoms with Gasteiger partial charge in [-0.05, 0) is 24.7 Å². The summed E-state index contributed by atoms with van der Waals surface area (Å²) < 4.78 is 0. The summed E-state index contributed by atoms with van der Waals surface area (Å²) in [6, 6.07) is 0. The second kappa shape index (κ2) is 5.76. The van der Waals surface area contributed by atoms with E-state index in [9.17, 15) is 0 Å². The van der Waals surface area contributed by atoms with Crippen LogP contribution in [0.2, 0.25) is 0 Å². The van der Waals surface area contributed by atoms with Crippen molar-refractivity contribution in [2.45, 2.75) is 77.7 Å². The lowest BCUT2D eigenvalue weighted by Crippen LogP contribution is -2.47. The van der Waals surface area contributed by atoms with E-state index in [1.165, 1.54) is 23.5 Å². The number of thiazole rings is 1. The summed E-state index contributed by atoms with van der Waals surface area (Å²) in [7, 11) is 0. The average molecular weight is 295 g/mol. The molecule has 1 aliphatic rings. The van der Waals surface area contributed by atoms with Gasteiger partial charge in [-0.1, -0.05) is 47.5 Å². The van der Waals surface area contributed by atoms with Gasteiger partial charge in [0.05, 0.1) is 10.7 Å². The SMILES string of the molecule is CC(C)C1CCCC(N)(Cc2nc(C(C)(C)C)cs2)C1. The molecule has 3 heteroatoms. The summed E-state index contributed by atoms with van der Waals surface area (Å²) in [5.74, 6) is 1.54. The summed E-state index contributed by atoms with van der Waals surface area (Å²) in [4.78, 5) is 4.83. The zero-order chi connectivity index (χ0) is 15.0. The summed E-state index contributed by atoms with van der Waals surface area (Å²) >= 11 is 1.79. The molecule has 0 aromatic carbocycles. The van der Waals surface area contributed by atoms with E-state index < -0.39 is 0 Å². The first-order chi connectivity index (χ1) is 9.20. The fourth-order valence-electron chi connectivity index (χ4n) is 3.21. The highest BCUT2D eigenvalue weighted by atomic mass is 32.1. The second-order valence-corrected chi connectivity index (χ2v) is 8.96. The highest BCUT2D eigenvalue weighted by Crippen LogP contribution is 2.37. The minimum atomic E-state index is -0.0276. The first-order valence-corrected chi connectivity index (χ1v) is 8.81. The minimum Gasteiger partial charge on any atom is -0.325 e. The van der Waals surface area contributed by atoms with Crippen molar-refractivity contribution in [1.29, 1.82) is 0 Å². The number of nitrogens with zero attached hydrogens (tertiary/aromatic N) is 1. The molecule has 0 bridgehead atoms. The van der Waals surface area contributed by atoms with E-state index >= 15 is 0 Å². The third-order valence-electron chi connectivity index (χ3n) is 4.68. The molecule has 1 heterocycles. The number of hydrogen-bond acceptors (Lipinski definition) is 3. The van der Waals surface area contributed by atoms with Crippen molar-refractivity contribution in [3.63, 3.8) is 0 Å². The molecule has 2 rings (SSSR count). The molecule has 114 valence electrons. The highest BCUT2D eigenvalue weighted by Gasteiger charge is 2.35. The topological polar surface area (TPSA) is 38.9 Å². The van der Waals surface area contributed by atoms with Gasteiger partial charge in [-0.2, -0.15) is 0 Å². The maximum atomic E-state index is 6.70. The molecule has 0 aliphatic heterocycles. The van der Waals surface area contributed by atoms with Crippen molar-refractivity contribution >= 4 is 11.3 Å². The first kappa shape index (κ1) is 16.0. The molecular formula is C17H30N2S. The summed E-state index contributed by atoms with van der Waals surface area (Å²) in [5, 5.41) is 3.43. The normalized spacial score (nSPS) is 28.1. The molecule has 2 N–H and O–H groups in total. The summed E-state index contributed by atoms with van der Waals surface area (Å²) in [6.07, 6.45) is 5.89. The molecule has 1 aromatic heterocycles. The lowest BCUT2D eigenvalue weighted by Gasteiger charge is -2.39. The van der Waals surface area contributed by atoms with Crippen LogP contribution in [0.15, 0.2) is 5.38 Å². The molecule has 0 radical (unpaired) electrons. The third-order valence-corrected chi connectivity index (χ3v) is 5.53. The Hall–Kier alpha value is -0.410. The van der Waals surface area contributed by atoms with Crippen LogP contribution in [-0.2, 0) is 11.8 Å². The van der Waals surface area contributed by atoms with Gasteiger partial charge in [-0.25, -0.2) is 4.98 Å². The second-order valence-electron chi connectivity index (χ2n) is 8.02. The Morgan fingerprint density at radius 2 is 2.15 bits per heavy atom. The van der Waals surface area contributed by atoms with Gasteiger partial charge < -0.3 is 5.73 Å². The van der Waals surface area contributed by atoms with E-state index in [2.05, 4.69) is 40.0 Å². The van der Waals surface area contributed by atoms with E-state index in [0.29, 0.717) is 0 Å². The van der Waals surface area contributed by atoms with Crippen LogP contribution in [0.25, 0.3) is 0 Å². The van der Waals surface area contributed by atoms with Crippen molar-refractivity contribution in [3.8, 4) is 0 Å². The van der Waals surface area contributed by atoms with Crippen LogP contribution in [-0.4, -0.2) is 10.5 Å². The molecule has 2 nitrogen and oxygen atoms in total. The molecule has 0 saturated heterocycles. The first-order valence-electron chi connectivity index (χ1n) is 7.93. The Morgan fingerprint density at radius 3 is 2.70 bits per heavy atom. The van der Waals surface area contributed by atoms with Gasteiger partial charge >= 0.3 is 0 Å². The Kier molecular flexibility index (Phi) is 4.60. The highest BCUT2D eigenvalue weighted by molar-refractivity contribution is 7.09. The predicted molar refractivity (Wildman–Crippen MR) is 88.2 cm³/mol. The van der Waals surface area contributed by atoms with Crippen LogP contribution in [0.4, 0.5) is 0 Å². The van der Waals surface area contributed by atoms with Crippen LogP contribution in [0.5, 0.6) is 0 Å². The van der Waals surface area contributed by atoms with Crippen LogP contribution in [0.3, 0.4) is 0 Å². The number of rotatable bonds is 3. The van der Waals surface area contributed by atoms with Crippen LogP contribution >= 0.6 is 11.3 Å². The smallest absolute Gasteiger partial charge is 0.0946 e. The lowest BCUT2D eigenvalue weighted by molar-refractivity contribution is 0.182. The third kappa shape index (κ3) is 3.82. The monoisotopic (exact) mass is 294 g/mol. The van der Waals surface area contributed by atoms with Crippen LogP contribution < -0.4 is 5.73 Å². The Bertz CT molecular complexity index is 444. The number of nitrogens with two attached hydrogens (primary N) is 1. The van der Waals surface area contributed by atoms with Crippen molar-refractivity contribution in [2.75, 3.05) is 0 Å². The Balaban J connectivity index is 2.06. The van der Waals surface area contributed by atoms with Gasteiger partial charge in [0.2, 0.25) is 0 Å². The predicted octanol–water partition coefficient (Wildman–Crippen LogP) is 4.53. The Labute approximate surface area is 128 Å². The van der Waals surface area contributed by atoms with Crippen LogP contribution in [0.1, 0.15) is 71.0 Å². The molecule has 1 saturated carbocycles. The Morgan fingerprint density at radius 1 is 1.45 bits per heavy atom. The fourth-order valence-corrected chi connectivity index (χ4v) is 4.39. The molecule has 2 unspecified atom stereocenters. The summed E-state index contributed by atoms with van der Waals surface area (Å²) in [5.41, 5.74) is 8.02. The fraction of sp³-hybridized carbons (Fsp3) is 0.824. The van der Waals surface area contributed by atoms with E-state index in [1.54, 1.807) is 11.3 Å². The average Bonchev–Trinajstić information content (AvgIpc) is 2.76. The molecule has 0 amide bonds. The maximum Gasteiger partial charge on any atom is 0.0946 e. The van der Waals surface area contributed by atoms with Crippen molar-refractivity contribution in [3.05, 3.63) is 16.1 Å². The number of hydrogen-bond donors (Lipinski definition) is 1. The van der Waals surface area contributed by atoms with Crippen molar-refractivity contribution in [1.82, 2.24) is 4.98 Å². The van der Waals surface area contributed by atoms with Gasteiger partial charge in [0.15, 0.2) is 0 Å². The van der Waals surface area contributed by atoms with Gasteiger partial charge in [-0.15, -0.1) is 11.3 Å². The largest absolute Gasteiger partial charge is 0.325 e. The minimum absolute atomic E-state index is 0.0276. The molecular weight excluding hydrogens is 264 g/mol. The van der Waals surface area contributed by atoms with Gasteiger partial charge in [0.1, 0.15) is 0 Å². The maximum absolute atomic E-state index is 6.70. The molecule has 1 fully saturated rings. The lowest BCUT2D eigenvalue weighted by atomic mass is 9.71. The van der Waals surface area contributed by atoms with Crippen molar-refractivity contribution in [2.24, 2.45) is 17.6 Å². The van der Waals surface area contributed by atoms with E-state index in [1.807, 2.05) is 0 Å². The molecule has 2 atom stereocenters. The van der Waals surface area contributed by atoms with E-state index in [0.717, 1.165) is 31.1 Å². The molecule has 1 aliphatic carbocycles. The van der Waals surface area contributed by atoms with Crippen molar-refractivity contribution < 1.29 is 0 Å². The summed E-state index contributed by atoms with van der Waals surface area (Å²) in [6.45, 7) is 11.3. The van der Waals surface area contributed by atoms with Gasteiger partial charge in [-0.3, -0.25) is 0 Å². The molecule has 1 aromatic rings. The van der Waals surface area contributed by atoms with Gasteiger partial charge in [0.25, 0.3) is 0 Å². The zero-order valence-electron chi connectivity index (χ0n) is 13.7. The van der Waals surface area contributed by atoms with Gasteiger partial charge in [0, 0.05) is 22.8 Å². The quantitative estimate of drug-likeness (QED) is 0.889. The van der Waals surface area contributed by atoms with E-state index in [4.69, 9.17) is 10.7 Å². The number of aromatic nitrogens is 1. The van der Waals surface area contributed by atoms with E-state index in [-0.39, 0.29) is 11.0 Å².